The van der Waals surface area contributed by atoms with Crippen LogP contribution in [0.25, 0.3) is 21.9 Å². The summed E-state index contributed by atoms with van der Waals surface area (Å²) < 4.78 is 11.6. The van der Waals surface area contributed by atoms with Crippen LogP contribution < -0.4 is 5.63 Å². The van der Waals surface area contributed by atoms with Crippen molar-refractivity contribution in [1.29, 1.82) is 0 Å². The third-order valence-electron chi connectivity index (χ3n) is 5.03. The van der Waals surface area contributed by atoms with Gasteiger partial charge in [-0.15, -0.1) is 0 Å². The Morgan fingerprint density at radius 1 is 1.04 bits per heavy atom. The lowest BCUT2D eigenvalue weighted by Gasteiger charge is -2.19. The summed E-state index contributed by atoms with van der Waals surface area (Å²) in [6.45, 7) is 8.65. The second-order valence-electron chi connectivity index (χ2n) is 7.72. The van der Waals surface area contributed by atoms with E-state index in [9.17, 15) is 4.79 Å². The highest BCUT2D eigenvalue weighted by molar-refractivity contribution is 6.07. The van der Waals surface area contributed by atoms with Crippen LogP contribution in [0, 0.1) is 6.92 Å². The highest BCUT2D eigenvalue weighted by Gasteiger charge is 2.26. The molecular weight excluding hydrogens is 288 g/mol. The van der Waals surface area contributed by atoms with Crippen molar-refractivity contribution in [2.45, 2.75) is 58.8 Å². The first kappa shape index (κ1) is 14.6. The van der Waals surface area contributed by atoms with E-state index in [1.54, 1.807) is 0 Å². The summed E-state index contributed by atoms with van der Waals surface area (Å²) in [5.41, 5.74) is 5.69. The highest BCUT2D eigenvalue weighted by Crippen LogP contribution is 2.40. The molecule has 1 aliphatic rings. The highest BCUT2D eigenvalue weighted by atomic mass is 16.4. The molecular formula is C20H22O3. The fraction of sp³-hybridized carbons (Fsp3) is 0.450. The van der Waals surface area contributed by atoms with Gasteiger partial charge in [0.2, 0.25) is 0 Å². The lowest BCUT2D eigenvalue weighted by atomic mass is 9.84. The first-order valence-corrected chi connectivity index (χ1v) is 8.38. The molecule has 120 valence electrons. The summed E-state index contributed by atoms with van der Waals surface area (Å²) in [7, 11) is 0. The monoisotopic (exact) mass is 310 g/mol. The van der Waals surface area contributed by atoms with Gasteiger partial charge >= 0.3 is 5.63 Å². The molecule has 0 aliphatic heterocycles. The molecule has 4 rings (SSSR count). The second-order valence-corrected chi connectivity index (χ2v) is 7.72. The van der Waals surface area contributed by atoms with Gasteiger partial charge in [-0.05, 0) is 55.2 Å². The Hall–Kier alpha value is -2.03. The van der Waals surface area contributed by atoms with Gasteiger partial charge < -0.3 is 8.83 Å². The van der Waals surface area contributed by atoms with Gasteiger partial charge in [0.05, 0.1) is 11.6 Å². The van der Waals surface area contributed by atoms with Crippen molar-refractivity contribution in [1.82, 2.24) is 0 Å². The molecule has 0 unspecified atom stereocenters. The van der Waals surface area contributed by atoms with E-state index in [0.29, 0.717) is 5.58 Å². The van der Waals surface area contributed by atoms with Crippen LogP contribution in [0.1, 0.15) is 55.9 Å². The van der Waals surface area contributed by atoms with Crippen molar-refractivity contribution >= 4 is 21.9 Å². The van der Waals surface area contributed by atoms with Crippen molar-refractivity contribution in [2.75, 3.05) is 0 Å². The number of fused-ring (bicyclic) bond motifs is 5. The van der Waals surface area contributed by atoms with Gasteiger partial charge in [-0.25, -0.2) is 4.79 Å². The Morgan fingerprint density at radius 2 is 1.74 bits per heavy atom. The molecule has 2 heterocycles. The molecule has 3 aromatic rings. The maximum Gasteiger partial charge on any atom is 0.339 e. The zero-order valence-corrected chi connectivity index (χ0v) is 14.2. The minimum Gasteiger partial charge on any atom is -0.463 e. The zero-order chi connectivity index (χ0) is 16.4. The number of hydrogen-bond acceptors (Lipinski definition) is 3. The van der Waals surface area contributed by atoms with E-state index in [1.165, 1.54) is 10.9 Å². The maximum absolute atomic E-state index is 12.3. The number of rotatable bonds is 0. The van der Waals surface area contributed by atoms with Gasteiger partial charge in [0.15, 0.2) is 0 Å². The van der Waals surface area contributed by atoms with Gasteiger partial charge in [0.25, 0.3) is 0 Å². The van der Waals surface area contributed by atoms with Crippen molar-refractivity contribution in [3.63, 3.8) is 0 Å². The van der Waals surface area contributed by atoms with Crippen LogP contribution in [-0.4, -0.2) is 0 Å². The quantitative estimate of drug-likeness (QED) is 0.547. The number of aryl methyl sites for hydroxylation is 2. The first-order valence-electron chi connectivity index (χ1n) is 8.38. The molecule has 1 aliphatic carbocycles. The van der Waals surface area contributed by atoms with Crippen LogP contribution in [-0.2, 0) is 18.3 Å². The molecule has 0 radical (unpaired) electrons. The van der Waals surface area contributed by atoms with E-state index in [1.807, 2.05) is 12.3 Å². The first-order chi connectivity index (χ1) is 10.9. The lowest BCUT2D eigenvalue weighted by Crippen LogP contribution is -2.16. The molecule has 2 aromatic heterocycles. The number of hydrogen-bond donors (Lipinski definition) is 0. The summed E-state index contributed by atoms with van der Waals surface area (Å²) in [5, 5.41) is 2.18. The van der Waals surface area contributed by atoms with Crippen molar-refractivity contribution in [3.05, 3.63) is 45.0 Å². The molecule has 0 fully saturated rings. The molecule has 0 saturated carbocycles. The van der Waals surface area contributed by atoms with Crippen LogP contribution in [0.2, 0.25) is 0 Å². The van der Waals surface area contributed by atoms with Crippen LogP contribution in [0.15, 0.2) is 26.0 Å². The van der Waals surface area contributed by atoms with Gasteiger partial charge in [0, 0.05) is 16.5 Å². The van der Waals surface area contributed by atoms with Crippen molar-refractivity contribution in [2.24, 2.45) is 0 Å². The van der Waals surface area contributed by atoms with E-state index < -0.39 is 0 Å². The van der Waals surface area contributed by atoms with Crippen molar-refractivity contribution in [3.8, 4) is 0 Å². The van der Waals surface area contributed by atoms with Crippen LogP contribution >= 0.6 is 0 Å². The molecule has 0 atom stereocenters. The summed E-state index contributed by atoms with van der Waals surface area (Å²) >= 11 is 0. The Kier molecular flexibility index (Phi) is 2.99. The molecule has 3 nitrogen and oxygen atoms in total. The summed E-state index contributed by atoms with van der Waals surface area (Å²) in [6.07, 6.45) is 5.80. The average molecular weight is 310 g/mol. The van der Waals surface area contributed by atoms with Gasteiger partial charge in [0.1, 0.15) is 11.2 Å². The summed E-state index contributed by atoms with van der Waals surface area (Å²) in [5.74, 6) is 0. The average Bonchev–Trinajstić information content (AvgIpc) is 2.93. The van der Waals surface area contributed by atoms with Crippen LogP contribution in [0.5, 0.6) is 0 Å². The maximum atomic E-state index is 12.3. The molecule has 0 bridgehead atoms. The fourth-order valence-electron chi connectivity index (χ4n) is 3.87. The Bertz CT molecular complexity index is 980. The van der Waals surface area contributed by atoms with E-state index in [4.69, 9.17) is 8.83 Å². The standard InChI is InChI=1S/C20H22O3/c1-11-9-15-17(12-7-5-6-8-13(12)19(21)23-15)18-16(11)14(10-22-18)20(2,3)4/h9-10H,5-8H2,1-4H3. The minimum atomic E-state index is -0.173. The van der Waals surface area contributed by atoms with Crippen LogP contribution in [0.3, 0.4) is 0 Å². The van der Waals surface area contributed by atoms with Gasteiger partial charge in [-0.2, -0.15) is 0 Å². The van der Waals surface area contributed by atoms with E-state index in [0.717, 1.165) is 53.3 Å². The molecule has 1 aromatic carbocycles. The van der Waals surface area contributed by atoms with E-state index in [2.05, 4.69) is 27.7 Å². The van der Waals surface area contributed by atoms with Gasteiger partial charge in [-0.3, -0.25) is 0 Å². The smallest absolute Gasteiger partial charge is 0.339 e. The molecule has 3 heteroatoms. The SMILES string of the molecule is Cc1cc2oc(=O)c3c(c2c2occ(C(C)(C)C)c12)CCCC3. The lowest BCUT2D eigenvalue weighted by molar-refractivity contribution is 0.532. The zero-order valence-electron chi connectivity index (χ0n) is 14.2. The predicted molar refractivity (Wildman–Crippen MR) is 92.3 cm³/mol. The van der Waals surface area contributed by atoms with Crippen LogP contribution in [0.4, 0.5) is 0 Å². The number of furan rings is 1. The molecule has 0 saturated heterocycles. The Balaban J connectivity index is 2.21. The molecule has 23 heavy (non-hydrogen) atoms. The molecule has 0 amide bonds. The summed E-state index contributed by atoms with van der Waals surface area (Å²) in [6, 6.07) is 2.00. The normalized spacial score (nSPS) is 15.3. The third-order valence-corrected chi connectivity index (χ3v) is 5.03. The Labute approximate surface area is 135 Å². The van der Waals surface area contributed by atoms with E-state index >= 15 is 0 Å². The number of benzene rings is 1. The minimum absolute atomic E-state index is 0.0133. The largest absolute Gasteiger partial charge is 0.463 e. The summed E-state index contributed by atoms with van der Waals surface area (Å²) in [4.78, 5) is 12.3. The predicted octanol–water partition coefficient (Wildman–Crippen LogP) is 5.02. The molecule has 0 N–H and O–H groups in total. The third kappa shape index (κ3) is 2.06. The van der Waals surface area contributed by atoms with Gasteiger partial charge in [-0.1, -0.05) is 20.8 Å². The van der Waals surface area contributed by atoms with E-state index in [-0.39, 0.29) is 11.0 Å². The Morgan fingerprint density at radius 3 is 2.43 bits per heavy atom. The second kappa shape index (κ2) is 4.73. The fourth-order valence-corrected chi connectivity index (χ4v) is 3.87. The molecule has 0 spiro atoms. The van der Waals surface area contributed by atoms with Crippen molar-refractivity contribution < 1.29 is 8.83 Å². The topological polar surface area (TPSA) is 43.4 Å².